The van der Waals surface area contributed by atoms with Crippen molar-refractivity contribution < 1.29 is 15.3 Å². The molecule has 0 heterocycles. The maximum Gasteiger partial charge on any atom is 0.0684 e. The molecule has 0 spiro atoms. The summed E-state index contributed by atoms with van der Waals surface area (Å²) in [5, 5.41) is 26.9. The largest absolute Gasteiger partial charge is 0.392 e. The highest BCUT2D eigenvalue weighted by atomic mass is 16.3. The fourth-order valence-corrected chi connectivity index (χ4v) is 4.54. The molecule has 0 fully saturated rings. The third-order valence-corrected chi connectivity index (χ3v) is 7.85. The number of benzene rings is 7. The summed E-state index contributed by atoms with van der Waals surface area (Å²) in [6.07, 6.45) is 0. The second kappa shape index (κ2) is 30.8. The van der Waals surface area contributed by atoms with Gasteiger partial charge in [-0.15, -0.1) is 0 Å². The molecule has 7 rings (SSSR count). The summed E-state index contributed by atoms with van der Waals surface area (Å²) in [5.41, 5.74) is 11.1. The third kappa shape index (κ3) is 25.1. The van der Waals surface area contributed by atoms with Gasteiger partial charge in [-0.25, -0.2) is 0 Å². The summed E-state index contributed by atoms with van der Waals surface area (Å²) < 4.78 is 0. The lowest BCUT2D eigenvalue weighted by molar-refractivity contribution is 0.267. The standard InChI is InChI=1S/C10H14O3.6C7H8/c1-7-9(5-12)2-8(4-11)3-10(7)6-13;6*1-7-5-3-2-4-6-7/h2-3,11-13H,4-6H2,1H3;6*2-6H,1H3. The summed E-state index contributed by atoms with van der Waals surface area (Å²) in [6, 6.07) is 65.1. The minimum atomic E-state index is -0.0692. The SMILES string of the molecule is Cc1c(CO)cc(CO)cc1CO.Cc1ccccc1.Cc1ccccc1.Cc1ccccc1.Cc1ccccc1.Cc1ccccc1.Cc1ccccc1. The van der Waals surface area contributed by atoms with Crippen LogP contribution in [0.1, 0.15) is 55.6 Å². The van der Waals surface area contributed by atoms with Crippen molar-refractivity contribution in [2.45, 2.75) is 68.3 Å². The molecule has 3 heteroatoms. The molecule has 0 bridgehead atoms. The van der Waals surface area contributed by atoms with Crippen molar-refractivity contribution in [1.82, 2.24) is 0 Å². The van der Waals surface area contributed by atoms with Crippen LogP contribution < -0.4 is 0 Å². The van der Waals surface area contributed by atoms with Gasteiger partial charge in [0.05, 0.1) is 19.8 Å². The van der Waals surface area contributed by atoms with Crippen LogP contribution in [0.4, 0.5) is 0 Å². The van der Waals surface area contributed by atoms with E-state index >= 15 is 0 Å². The Labute approximate surface area is 332 Å². The fraction of sp³-hybridized carbons (Fsp3) is 0.192. The average Bonchev–Trinajstić information content (AvgIpc) is 3.21. The van der Waals surface area contributed by atoms with E-state index in [1.165, 1.54) is 33.4 Å². The zero-order valence-corrected chi connectivity index (χ0v) is 33.9. The average molecular weight is 735 g/mol. The monoisotopic (exact) mass is 734 g/mol. The minimum Gasteiger partial charge on any atom is -0.392 e. The van der Waals surface area contributed by atoms with Crippen LogP contribution in [0.15, 0.2) is 194 Å². The molecule has 7 aromatic carbocycles. The van der Waals surface area contributed by atoms with Crippen molar-refractivity contribution in [3.63, 3.8) is 0 Å². The van der Waals surface area contributed by atoms with E-state index in [0.29, 0.717) is 0 Å². The Hall–Kier alpha value is -5.58. The quantitative estimate of drug-likeness (QED) is 0.169. The number of aliphatic hydroxyl groups excluding tert-OH is 3. The van der Waals surface area contributed by atoms with Crippen molar-refractivity contribution in [2.24, 2.45) is 0 Å². The van der Waals surface area contributed by atoms with Gasteiger partial charge in [0.15, 0.2) is 0 Å². The molecule has 0 saturated carbocycles. The van der Waals surface area contributed by atoms with E-state index in [9.17, 15) is 0 Å². The number of hydrogen-bond acceptors (Lipinski definition) is 3. The Morgan fingerprint density at radius 3 is 0.564 bits per heavy atom. The second-order valence-electron chi connectivity index (χ2n) is 12.9. The first-order valence-electron chi connectivity index (χ1n) is 18.6. The Balaban J connectivity index is 0.000000326. The van der Waals surface area contributed by atoms with E-state index in [1.54, 1.807) is 12.1 Å². The fourth-order valence-electron chi connectivity index (χ4n) is 4.54. The number of aliphatic hydroxyl groups is 3. The molecule has 288 valence electrons. The summed E-state index contributed by atoms with van der Waals surface area (Å²) in [7, 11) is 0. The van der Waals surface area contributed by atoms with Gasteiger partial charge in [-0.1, -0.05) is 228 Å². The highest BCUT2D eigenvalue weighted by Gasteiger charge is 2.05. The van der Waals surface area contributed by atoms with E-state index in [0.717, 1.165) is 22.3 Å². The van der Waals surface area contributed by atoms with Gasteiger partial charge in [0, 0.05) is 0 Å². The van der Waals surface area contributed by atoms with Crippen LogP contribution in [-0.2, 0) is 19.8 Å². The van der Waals surface area contributed by atoms with Crippen LogP contribution >= 0.6 is 0 Å². The molecule has 55 heavy (non-hydrogen) atoms. The summed E-state index contributed by atoms with van der Waals surface area (Å²) in [6.45, 7) is 14.2. The number of rotatable bonds is 3. The number of hydrogen-bond donors (Lipinski definition) is 3. The topological polar surface area (TPSA) is 60.7 Å². The van der Waals surface area contributed by atoms with Crippen molar-refractivity contribution in [3.8, 4) is 0 Å². The van der Waals surface area contributed by atoms with Crippen LogP contribution in [0.25, 0.3) is 0 Å². The molecule has 0 aliphatic rings. The number of aryl methyl sites for hydroxylation is 6. The van der Waals surface area contributed by atoms with E-state index in [2.05, 4.69) is 114 Å². The van der Waals surface area contributed by atoms with Gasteiger partial charge in [0.25, 0.3) is 0 Å². The van der Waals surface area contributed by atoms with Gasteiger partial charge in [0.1, 0.15) is 0 Å². The normalized spacial score (nSPS) is 9.13. The third-order valence-electron chi connectivity index (χ3n) is 7.85. The molecule has 0 aliphatic heterocycles. The van der Waals surface area contributed by atoms with E-state index in [4.69, 9.17) is 15.3 Å². The Kier molecular flexibility index (Phi) is 26.6. The zero-order valence-electron chi connectivity index (χ0n) is 33.9. The lowest BCUT2D eigenvalue weighted by Gasteiger charge is -2.10. The van der Waals surface area contributed by atoms with Gasteiger partial charge in [-0.05, 0) is 70.7 Å². The summed E-state index contributed by atoms with van der Waals surface area (Å²) in [5.74, 6) is 0. The van der Waals surface area contributed by atoms with Crippen molar-refractivity contribution >= 4 is 0 Å². The maximum atomic E-state index is 9.00. The molecule has 0 atom stereocenters. The lowest BCUT2D eigenvalue weighted by atomic mass is 10.00. The van der Waals surface area contributed by atoms with Crippen molar-refractivity contribution in [1.29, 1.82) is 0 Å². The van der Waals surface area contributed by atoms with E-state index in [-0.39, 0.29) is 19.8 Å². The van der Waals surface area contributed by atoms with Crippen LogP contribution in [0.2, 0.25) is 0 Å². The maximum absolute atomic E-state index is 9.00. The van der Waals surface area contributed by atoms with Crippen LogP contribution in [-0.4, -0.2) is 15.3 Å². The smallest absolute Gasteiger partial charge is 0.0684 e. The van der Waals surface area contributed by atoms with E-state index < -0.39 is 0 Å². The van der Waals surface area contributed by atoms with Gasteiger partial charge in [-0.2, -0.15) is 0 Å². The molecule has 3 N–H and O–H groups in total. The molecular weight excluding hydrogens is 673 g/mol. The van der Waals surface area contributed by atoms with Gasteiger partial charge in [-0.3, -0.25) is 0 Å². The predicted molar refractivity (Wildman–Crippen MR) is 236 cm³/mol. The minimum absolute atomic E-state index is 0.0628. The van der Waals surface area contributed by atoms with Crippen molar-refractivity contribution in [2.75, 3.05) is 0 Å². The highest BCUT2D eigenvalue weighted by molar-refractivity contribution is 5.37. The molecular formula is C52H62O3. The molecule has 0 radical (unpaired) electrons. The van der Waals surface area contributed by atoms with E-state index in [1.807, 2.05) is 116 Å². The highest BCUT2D eigenvalue weighted by Crippen LogP contribution is 2.17. The lowest BCUT2D eigenvalue weighted by Crippen LogP contribution is -1.99. The molecule has 0 amide bonds. The van der Waals surface area contributed by atoms with Crippen LogP contribution in [0.5, 0.6) is 0 Å². The molecule has 0 aliphatic carbocycles. The molecule has 3 nitrogen and oxygen atoms in total. The van der Waals surface area contributed by atoms with Crippen LogP contribution in [0, 0.1) is 48.5 Å². The Morgan fingerprint density at radius 1 is 0.273 bits per heavy atom. The van der Waals surface area contributed by atoms with Crippen LogP contribution in [0.3, 0.4) is 0 Å². The van der Waals surface area contributed by atoms with Gasteiger partial charge >= 0.3 is 0 Å². The summed E-state index contributed by atoms with van der Waals surface area (Å²) in [4.78, 5) is 0. The first-order chi connectivity index (χ1) is 26.6. The molecule has 0 unspecified atom stereocenters. The summed E-state index contributed by atoms with van der Waals surface area (Å²) >= 11 is 0. The Bertz CT molecular complexity index is 1560. The first kappa shape index (κ1) is 47.4. The molecule has 0 saturated heterocycles. The van der Waals surface area contributed by atoms with Gasteiger partial charge in [0.2, 0.25) is 0 Å². The Morgan fingerprint density at radius 2 is 0.455 bits per heavy atom. The zero-order chi connectivity index (χ0) is 40.5. The molecule has 0 aromatic heterocycles. The molecule has 7 aromatic rings. The van der Waals surface area contributed by atoms with Crippen molar-refractivity contribution in [3.05, 3.63) is 250 Å². The second-order valence-corrected chi connectivity index (χ2v) is 12.9. The van der Waals surface area contributed by atoms with Gasteiger partial charge < -0.3 is 15.3 Å². The first-order valence-corrected chi connectivity index (χ1v) is 18.6. The predicted octanol–water partition coefficient (Wildman–Crippen LogP) is 12.4.